The van der Waals surface area contributed by atoms with Crippen molar-refractivity contribution >= 4 is 11.8 Å². The molecule has 1 N–H and O–H groups in total. The average Bonchev–Trinajstić information content (AvgIpc) is 2.99. The second-order valence-corrected chi connectivity index (χ2v) is 4.82. The number of hydrogen-bond donors (Lipinski definition) is 1. The van der Waals surface area contributed by atoms with Gasteiger partial charge in [-0.15, -0.1) is 0 Å². The van der Waals surface area contributed by atoms with E-state index in [2.05, 4.69) is 5.32 Å². The maximum absolute atomic E-state index is 11.7. The number of amides is 2. The molecule has 5 heteroatoms. The van der Waals surface area contributed by atoms with Crippen LogP contribution in [0.1, 0.15) is 32.6 Å². The summed E-state index contributed by atoms with van der Waals surface area (Å²) >= 11 is 0. The first-order valence-corrected chi connectivity index (χ1v) is 6.32. The topological polar surface area (TPSA) is 58.6 Å². The van der Waals surface area contributed by atoms with E-state index in [-0.39, 0.29) is 24.5 Å². The molecule has 1 aliphatic heterocycles. The van der Waals surface area contributed by atoms with Gasteiger partial charge < -0.3 is 15.0 Å². The second-order valence-electron chi connectivity index (χ2n) is 4.82. The van der Waals surface area contributed by atoms with Gasteiger partial charge in [0, 0.05) is 26.1 Å². The quantitative estimate of drug-likeness (QED) is 0.751. The fourth-order valence-electron chi connectivity index (χ4n) is 2.13. The van der Waals surface area contributed by atoms with Gasteiger partial charge in [-0.2, -0.15) is 0 Å². The highest BCUT2D eigenvalue weighted by Gasteiger charge is 2.32. The first kappa shape index (κ1) is 12.4. The fraction of sp³-hybridized carbons (Fsp3) is 0.833. The van der Waals surface area contributed by atoms with Crippen LogP contribution in [-0.4, -0.2) is 48.6 Å². The minimum Gasteiger partial charge on any atom is -0.376 e. The van der Waals surface area contributed by atoms with E-state index in [1.807, 2.05) is 0 Å². The molecule has 96 valence electrons. The van der Waals surface area contributed by atoms with Crippen molar-refractivity contribution in [2.75, 3.05) is 19.7 Å². The molecule has 1 heterocycles. The van der Waals surface area contributed by atoms with Gasteiger partial charge in [-0.3, -0.25) is 9.59 Å². The molecule has 5 nitrogen and oxygen atoms in total. The number of nitrogens with one attached hydrogen (secondary N) is 1. The van der Waals surface area contributed by atoms with Crippen LogP contribution in [0.25, 0.3) is 0 Å². The summed E-state index contributed by atoms with van der Waals surface area (Å²) in [6.45, 7) is 3.07. The van der Waals surface area contributed by atoms with Crippen molar-refractivity contribution in [3.63, 3.8) is 0 Å². The predicted octanol–water partition coefficient (Wildman–Crippen LogP) is 0.293. The third-order valence-corrected chi connectivity index (χ3v) is 3.26. The lowest BCUT2D eigenvalue weighted by molar-refractivity contribution is -0.135. The summed E-state index contributed by atoms with van der Waals surface area (Å²) in [5, 5.41) is 2.83. The lowest BCUT2D eigenvalue weighted by atomic mass is 10.2. The molecule has 1 saturated heterocycles. The van der Waals surface area contributed by atoms with Gasteiger partial charge in [0.2, 0.25) is 11.8 Å². The third kappa shape index (κ3) is 3.70. The molecule has 2 amide bonds. The van der Waals surface area contributed by atoms with Crippen molar-refractivity contribution in [2.45, 2.75) is 44.8 Å². The molecule has 2 aliphatic rings. The van der Waals surface area contributed by atoms with Crippen LogP contribution in [0.3, 0.4) is 0 Å². The Hall–Kier alpha value is -1.10. The summed E-state index contributed by atoms with van der Waals surface area (Å²) < 4.78 is 5.42. The lowest BCUT2D eigenvalue weighted by Gasteiger charge is -2.20. The number of ether oxygens (including phenoxy) is 1. The van der Waals surface area contributed by atoms with Crippen molar-refractivity contribution in [1.82, 2.24) is 10.2 Å². The van der Waals surface area contributed by atoms with Crippen LogP contribution in [-0.2, 0) is 14.3 Å². The number of nitrogens with zero attached hydrogens (tertiary/aromatic N) is 1. The van der Waals surface area contributed by atoms with Crippen molar-refractivity contribution in [3.8, 4) is 0 Å². The van der Waals surface area contributed by atoms with Crippen LogP contribution < -0.4 is 5.32 Å². The monoisotopic (exact) mass is 240 g/mol. The van der Waals surface area contributed by atoms with Crippen molar-refractivity contribution in [3.05, 3.63) is 0 Å². The summed E-state index contributed by atoms with van der Waals surface area (Å²) in [6.07, 6.45) is 4.30. The van der Waals surface area contributed by atoms with Gasteiger partial charge in [-0.25, -0.2) is 0 Å². The Morgan fingerprint density at radius 2 is 2.12 bits per heavy atom. The minimum atomic E-state index is -0.0809. The summed E-state index contributed by atoms with van der Waals surface area (Å²) in [5.74, 6) is -0.0950. The van der Waals surface area contributed by atoms with Crippen LogP contribution in [0.2, 0.25) is 0 Å². The van der Waals surface area contributed by atoms with E-state index in [0.717, 1.165) is 32.3 Å². The van der Waals surface area contributed by atoms with E-state index in [1.165, 1.54) is 6.92 Å². The zero-order chi connectivity index (χ0) is 12.3. The average molecular weight is 240 g/mol. The van der Waals surface area contributed by atoms with Gasteiger partial charge in [0.25, 0.3) is 0 Å². The summed E-state index contributed by atoms with van der Waals surface area (Å²) in [5.41, 5.74) is 0. The minimum absolute atomic E-state index is 0.0141. The van der Waals surface area contributed by atoms with E-state index in [0.29, 0.717) is 12.6 Å². The molecule has 0 spiro atoms. The van der Waals surface area contributed by atoms with Crippen LogP contribution in [0.5, 0.6) is 0 Å². The molecule has 1 saturated carbocycles. The third-order valence-electron chi connectivity index (χ3n) is 3.26. The molecule has 0 aromatic carbocycles. The van der Waals surface area contributed by atoms with E-state index in [1.54, 1.807) is 4.90 Å². The standard InChI is InChI=1S/C12H20N2O3/c1-9(15)14(10-4-5-10)8-12(16)13-7-11-3-2-6-17-11/h10-11H,2-8H2,1H3,(H,13,16). The molecule has 2 fully saturated rings. The van der Waals surface area contributed by atoms with Gasteiger partial charge in [-0.1, -0.05) is 0 Å². The van der Waals surface area contributed by atoms with E-state index in [4.69, 9.17) is 4.74 Å². The van der Waals surface area contributed by atoms with Gasteiger partial charge >= 0.3 is 0 Å². The Labute approximate surface area is 101 Å². The lowest BCUT2D eigenvalue weighted by Crippen LogP contribution is -2.42. The highest BCUT2D eigenvalue weighted by atomic mass is 16.5. The Morgan fingerprint density at radius 3 is 2.65 bits per heavy atom. The molecule has 1 aliphatic carbocycles. The Balaban J connectivity index is 1.69. The first-order valence-electron chi connectivity index (χ1n) is 6.32. The fourth-order valence-corrected chi connectivity index (χ4v) is 2.13. The maximum Gasteiger partial charge on any atom is 0.239 e. The van der Waals surface area contributed by atoms with E-state index in [9.17, 15) is 9.59 Å². The van der Waals surface area contributed by atoms with E-state index < -0.39 is 0 Å². The van der Waals surface area contributed by atoms with Gasteiger partial charge in [-0.05, 0) is 25.7 Å². The molecule has 1 unspecified atom stereocenters. The normalized spacial score (nSPS) is 23.5. The highest BCUT2D eigenvalue weighted by Crippen LogP contribution is 2.26. The van der Waals surface area contributed by atoms with Crippen LogP contribution in [0, 0.1) is 0 Å². The zero-order valence-corrected chi connectivity index (χ0v) is 10.3. The van der Waals surface area contributed by atoms with Crippen molar-refractivity contribution < 1.29 is 14.3 Å². The molecule has 0 radical (unpaired) electrons. The number of carbonyl (C=O) groups excluding carboxylic acids is 2. The van der Waals surface area contributed by atoms with Crippen molar-refractivity contribution in [1.29, 1.82) is 0 Å². The maximum atomic E-state index is 11.7. The summed E-state index contributed by atoms with van der Waals surface area (Å²) in [4.78, 5) is 24.7. The number of rotatable bonds is 5. The summed E-state index contributed by atoms with van der Waals surface area (Å²) in [6, 6.07) is 0.293. The second kappa shape index (κ2) is 5.49. The highest BCUT2D eigenvalue weighted by molar-refractivity contribution is 5.84. The SMILES string of the molecule is CC(=O)N(CC(=O)NCC1CCCO1)C1CC1. The number of hydrogen-bond acceptors (Lipinski definition) is 3. The van der Waals surface area contributed by atoms with Crippen LogP contribution in [0.4, 0.5) is 0 Å². The summed E-state index contributed by atoms with van der Waals surface area (Å²) in [7, 11) is 0. The molecule has 2 rings (SSSR count). The largest absolute Gasteiger partial charge is 0.376 e. The smallest absolute Gasteiger partial charge is 0.239 e. The number of carbonyl (C=O) groups is 2. The van der Waals surface area contributed by atoms with Gasteiger partial charge in [0.15, 0.2) is 0 Å². The molecule has 0 bridgehead atoms. The molecule has 0 aromatic rings. The van der Waals surface area contributed by atoms with Gasteiger partial charge in [0.05, 0.1) is 12.6 Å². The molecule has 1 atom stereocenters. The Morgan fingerprint density at radius 1 is 1.35 bits per heavy atom. The molecule has 17 heavy (non-hydrogen) atoms. The Bertz CT molecular complexity index is 296. The van der Waals surface area contributed by atoms with Crippen LogP contribution >= 0.6 is 0 Å². The zero-order valence-electron chi connectivity index (χ0n) is 10.3. The Kier molecular flexibility index (Phi) is 3.99. The van der Waals surface area contributed by atoms with Gasteiger partial charge in [0.1, 0.15) is 0 Å². The van der Waals surface area contributed by atoms with Crippen LogP contribution in [0.15, 0.2) is 0 Å². The van der Waals surface area contributed by atoms with E-state index >= 15 is 0 Å². The predicted molar refractivity (Wildman–Crippen MR) is 62.4 cm³/mol. The molecular weight excluding hydrogens is 220 g/mol. The molecule has 0 aromatic heterocycles. The van der Waals surface area contributed by atoms with Crippen molar-refractivity contribution in [2.24, 2.45) is 0 Å². The molecular formula is C12H20N2O3. The first-order chi connectivity index (χ1) is 8.16.